The van der Waals surface area contributed by atoms with Gasteiger partial charge >= 0.3 is 0 Å². The summed E-state index contributed by atoms with van der Waals surface area (Å²) < 4.78 is 0. The largest absolute Gasteiger partial charge is 0.385 e. The lowest BCUT2D eigenvalue weighted by Gasteiger charge is -2.56. The number of rotatable bonds is 2. The van der Waals surface area contributed by atoms with Gasteiger partial charge in [0.2, 0.25) is 0 Å². The van der Waals surface area contributed by atoms with Gasteiger partial charge in [-0.3, -0.25) is 4.90 Å². The third-order valence-corrected chi connectivity index (χ3v) is 4.08. The van der Waals surface area contributed by atoms with E-state index in [1.165, 1.54) is 12.8 Å². The van der Waals surface area contributed by atoms with Crippen LogP contribution in [0.25, 0.3) is 0 Å². The fraction of sp³-hybridized carbons (Fsp3) is 1.00. The summed E-state index contributed by atoms with van der Waals surface area (Å²) in [5, 5.41) is 10.4. The first-order chi connectivity index (χ1) is 6.47. The zero-order chi connectivity index (χ0) is 10.4. The molecular weight excluding hydrogens is 176 g/mol. The average molecular weight is 198 g/mol. The third kappa shape index (κ3) is 1.38. The lowest BCUT2D eigenvalue weighted by atomic mass is 9.73. The second kappa shape index (κ2) is 3.19. The van der Waals surface area contributed by atoms with Gasteiger partial charge in [-0.2, -0.15) is 0 Å². The van der Waals surface area contributed by atoms with E-state index in [2.05, 4.69) is 18.7 Å². The highest BCUT2D eigenvalue weighted by Gasteiger charge is 2.56. The predicted molar refractivity (Wildman–Crippen MR) is 57.0 cm³/mol. The van der Waals surface area contributed by atoms with E-state index in [1.807, 2.05) is 0 Å². The van der Waals surface area contributed by atoms with Crippen molar-refractivity contribution in [3.63, 3.8) is 0 Å². The maximum atomic E-state index is 10.4. The maximum Gasteiger partial charge on any atom is 0.108 e. The van der Waals surface area contributed by atoms with Crippen LogP contribution in [0, 0.1) is 0 Å². The van der Waals surface area contributed by atoms with Gasteiger partial charge in [-0.05, 0) is 26.7 Å². The normalized spacial score (nSPS) is 30.6. The monoisotopic (exact) mass is 198 g/mol. The van der Waals surface area contributed by atoms with Crippen LogP contribution < -0.4 is 5.73 Å². The highest BCUT2D eigenvalue weighted by molar-refractivity contribution is 5.14. The Morgan fingerprint density at radius 1 is 1.21 bits per heavy atom. The molecular formula is C11H22N2O. The molecule has 0 aromatic heterocycles. The molecule has 0 unspecified atom stereocenters. The average Bonchev–Trinajstić information content (AvgIpc) is 2.47. The summed E-state index contributed by atoms with van der Waals surface area (Å²) in [5.41, 5.74) is 5.39. The van der Waals surface area contributed by atoms with Gasteiger partial charge in [-0.25, -0.2) is 0 Å². The van der Waals surface area contributed by atoms with Gasteiger partial charge in [0.25, 0.3) is 0 Å². The van der Waals surface area contributed by atoms with E-state index in [9.17, 15) is 5.11 Å². The standard InChI is InChI=1S/C11H22N2O/c1-9(2)13-7-11(14,8-13)10(12)5-3-4-6-10/h9,14H,3-8,12H2,1-2H3. The Morgan fingerprint density at radius 3 is 2.14 bits per heavy atom. The predicted octanol–water partition coefficient (Wildman–Crippen LogP) is 0.713. The lowest BCUT2D eigenvalue weighted by molar-refractivity contribution is -0.154. The van der Waals surface area contributed by atoms with E-state index in [-0.39, 0.29) is 5.54 Å². The molecule has 0 atom stereocenters. The van der Waals surface area contributed by atoms with Gasteiger partial charge in [-0.15, -0.1) is 0 Å². The van der Waals surface area contributed by atoms with Crippen LogP contribution >= 0.6 is 0 Å². The fourth-order valence-electron chi connectivity index (χ4n) is 2.78. The fourth-order valence-corrected chi connectivity index (χ4v) is 2.78. The zero-order valence-corrected chi connectivity index (χ0v) is 9.29. The molecule has 14 heavy (non-hydrogen) atoms. The van der Waals surface area contributed by atoms with E-state index in [0.717, 1.165) is 25.9 Å². The molecule has 1 aliphatic heterocycles. The minimum atomic E-state index is -0.603. The summed E-state index contributed by atoms with van der Waals surface area (Å²) in [6.07, 6.45) is 4.35. The third-order valence-electron chi connectivity index (χ3n) is 4.08. The van der Waals surface area contributed by atoms with Crippen molar-refractivity contribution in [2.45, 2.75) is 56.7 Å². The zero-order valence-electron chi connectivity index (χ0n) is 9.29. The van der Waals surface area contributed by atoms with Gasteiger partial charge in [0.05, 0.1) is 0 Å². The van der Waals surface area contributed by atoms with Crippen molar-refractivity contribution in [2.24, 2.45) is 5.73 Å². The number of hydrogen-bond donors (Lipinski definition) is 2. The van der Waals surface area contributed by atoms with E-state index in [0.29, 0.717) is 6.04 Å². The summed E-state index contributed by atoms with van der Waals surface area (Å²) >= 11 is 0. The molecule has 1 heterocycles. The van der Waals surface area contributed by atoms with E-state index in [4.69, 9.17) is 5.73 Å². The van der Waals surface area contributed by atoms with E-state index in [1.54, 1.807) is 0 Å². The minimum absolute atomic E-state index is 0.293. The summed E-state index contributed by atoms with van der Waals surface area (Å²) in [6, 6.07) is 0.528. The molecule has 2 fully saturated rings. The van der Waals surface area contributed by atoms with Gasteiger partial charge < -0.3 is 10.8 Å². The first-order valence-corrected chi connectivity index (χ1v) is 5.72. The molecule has 0 bridgehead atoms. The molecule has 0 aromatic carbocycles. The van der Waals surface area contributed by atoms with Crippen LogP contribution in [0.4, 0.5) is 0 Å². The molecule has 1 saturated heterocycles. The van der Waals surface area contributed by atoms with Gasteiger partial charge in [0, 0.05) is 24.7 Å². The Morgan fingerprint density at radius 2 is 1.71 bits per heavy atom. The number of likely N-dealkylation sites (tertiary alicyclic amines) is 1. The SMILES string of the molecule is CC(C)N1CC(O)(C2(N)CCCC2)C1. The summed E-state index contributed by atoms with van der Waals surface area (Å²) in [4.78, 5) is 2.28. The first kappa shape index (κ1) is 10.4. The van der Waals surface area contributed by atoms with Crippen LogP contribution in [0.3, 0.4) is 0 Å². The van der Waals surface area contributed by atoms with Crippen LogP contribution in [0.5, 0.6) is 0 Å². The van der Waals surface area contributed by atoms with Crippen molar-refractivity contribution in [1.29, 1.82) is 0 Å². The molecule has 0 spiro atoms. The van der Waals surface area contributed by atoms with Gasteiger partial charge in [-0.1, -0.05) is 12.8 Å². The van der Waals surface area contributed by atoms with Crippen molar-refractivity contribution in [2.75, 3.05) is 13.1 Å². The Bertz CT molecular complexity index is 215. The number of nitrogens with zero attached hydrogens (tertiary/aromatic N) is 1. The topological polar surface area (TPSA) is 49.5 Å². The minimum Gasteiger partial charge on any atom is -0.385 e. The molecule has 3 heteroatoms. The summed E-state index contributed by atoms with van der Waals surface area (Å²) in [6.45, 7) is 5.86. The molecule has 0 amide bonds. The van der Waals surface area contributed by atoms with Crippen LogP contribution in [0.2, 0.25) is 0 Å². The Hall–Kier alpha value is -0.120. The Labute approximate surface area is 86.3 Å². The van der Waals surface area contributed by atoms with Crippen molar-refractivity contribution >= 4 is 0 Å². The molecule has 1 aliphatic carbocycles. The summed E-state index contributed by atoms with van der Waals surface area (Å²) in [5.74, 6) is 0. The highest BCUT2D eigenvalue weighted by Crippen LogP contribution is 2.41. The van der Waals surface area contributed by atoms with Crippen molar-refractivity contribution < 1.29 is 5.11 Å². The smallest absolute Gasteiger partial charge is 0.108 e. The lowest BCUT2D eigenvalue weighted by Crippen LogP contribution is -2.76. The molecule has 1 saturated carbocycles. The van der Waals surface area contributed by atoms with Crippen molar-refractivity contribution in [3.05, 3.63) is 0 Å². The second-order valence-corrected chi connectivity index (χ2v) is 5.39. The summed E-state index contributed by atoms with van der Waals surface area (Å²) in [7, 11) is 0. The number of nitrogens with two attached hydrogens (primary N) is 1. The maximum absolute atomic E-state index is 10.4. The number of β-amino-alcohol motifs (C(OH)–C–C–N with tert-alkyl or cyclic N) is 1. The van der Waals surface area contributed by atoms with E-state index < -0.39 is 5.60 Å². The van der Waals surface area contributed by atoms with Crippen LogP contribution in [-0.2, 0) is 0 Å². The number of hydrogen-bond acceptors (Lipinski definition) is 3. The molecule has 0 aromatic rings. The molecule has 2 rings (SSSR count). The van der Waals surface area contributed by atoms with Crippen molar-refractivity contribution in [1.82, 2.24) is 4.90 Å². The molecule has 3 nitrogen and oxygen atoms in total. The Balaban J connectivity index is 1.99. The highest BCUT2D eigenvalue weighted by atomic mass is 16.3. The van der Waals surface area contributed by atoms with E-state index >= 15 is 0 Å². The van der Waals surface area contributed by atoms with Gasteiger partial charge in [0.15, 0.2) is 0 Å². The van der Waals surface area contributed by atoms with Crippen LogP contribution in [-0.4, -0.2) is 40.3 Å². The second-order valence-electron chi connectivity index (χ2n) is 5.39. The first-order valence-electron chi connectivity index (χ1n) is 5.72. The quantitative estimate of drug-likeness (QED) is 0.687. The van der Waals surface area contributed by atoms with Crippen LogP contribution in [0.15, 0.2) is 0 Å². The van der Waals surface area contributed by atoms with Crippen LogP contribution in [0.1, 0.15) is 39.5 Å². The molecule has 82 valence electrons. The number of aliphatic hydroxyl groups is 1. The van der Waals surface area contributed by atoms with Gasteiger partial charge in [0.1, 0.15) is 5.60 Å². The Kier molecular flexibility index (Phi) is 2.37. The van der Waals surface area contributed by atoms with Crippen molar-refractivity contribution in [3.8, 4) is 0 Å². The molecule has 3 N–H and O–H groups in total. The molecule has 0 radical (unpaired) electrons. The molecule has 2 aliphatic rings.